The molecule has 82 valence electrons. The summed E-state index contributed by atoms with van der Waals surface area (Å²) in [5.41, 5.74) is 0. The van der Waals surface area contributed by atoms with Crippen LogP contribution in [-0.4, -0.2) is 17.8 Å². The Morgan fingerprint density at radius 1 is 0.462 bits per heavy atom. The number of halogens is 9. The summed E-state index contributed by atoms with van der Waals surface area (Å²) >= 11 is 0. The van der Waals surface area contributed by atoms with Gasteiger partial charge in [-0.2, -0.15) is 0 Å². The maximum atomic E-state index is 11.3. The molecule has 0 fully saturated rings. The van der Waals surface area contributed by atoms with Crippen LogP contribution in [-0.2, 0) is 0 Å². The summed E-state index contributed by atoms with van der Waals surface area (Å²) in [6.45, 7) is 0. The molecule has 0 aliphatic rings. The van der Waals surface area contributed by atoms with Gasteiger partial charge in [0.2, 0.25) is 0 Å². The van der Waals surface area contributed by atoms with Crippen LogP contribution in [0.15, 0.2) is 0 Å². The SMILES string of the molecule is FC(F)(F)[PH2](C(F)(F)F)C(F)(F)F. The topological polar surface area (TPSA) is 0 Å². The van der Waals surface area contributed by atoms with Crippen molar-refractivity contribution in [3.8, 4) is 0 Å². The van der Waals surface area contributed by atoms with Gasteiger partial charge in [0.15, 0.2) is 0 Å². The van der Waals surface area contributed by atoms with E-state index < -0.39 is 25.7 Å². The maximum absolute atomic E-state index is 11.3. The van der Waals surface area contributed by atoms with E-state index in [-0.39, 0.29) is 0 Å². The Bertz CT molecular complexity index is 137. The van der Waals surface area contributed by atoms with Crippen LogP contribution in [0.25, 0.3) is 0 Å². The molecule has 0 aromatic heterocycles. The molecule has 0 nitrogen and oxygen atoms in total. The monoisotopic (exact) mass is 240 g/mol. The van der Waals surface area contributed by atoms with Gasteiger partial charge in [-0.05, 0) is 0 Å². The Morgan fingerprint density at radius 3 is 0.615 bits per heavy atom. The van der Waals surface area contributed by atoms with E-state index in [1.54, 1.807) is 0 Å². The van der Waals surface area contributed by atoms with Crippen molar-refractivity contribution in [3.63, 3.8) is 0 Å². The molecule has 0 atom stereocenters. The fraction of sp³-hybridized carbons (Fsp3) is 1.00. The van der Waals surface area contributed by atoms with E-state index in [0.29, 0.717) is 0 Å². The summed E-state index contributed by atoms with van der Waals surface area (Å²) in [6.07, 6.45) is 0. The van der Waals surface area contributed by atoms with Crippen molar-refractivity contribution in [2.24, 2.45) is 0 Å². The molecule has 0 saturated heterocycles. The van der Waals surface area contributed by atoms with Crippen LogP contribution in [0.2, 0.25) is 0 Å². The normalized spacial score (nSPS) is 15.9. The Kier molecular flexibility index (Phi) is 3.13. The number of hydrogen-bond acceptors (Lipinski definition) is 0. The van der Waals surface area contributed by atoms with Gasteiger partial charge in [0.25, 0.3) is 0 Å². The summed E-state index contributed by atoms with van der Waals surface area (Å²) in [6, 6.07) is 0. The van der Waals surface area contributed by atoms with E-state index in [1.165, 1.54) is 0 Å². The standard InChI is InChI=1S/C3H2F9P/c4-1(5,6)13(2(7,8)9)3(10,11)12/h13H2. The van der Waals surface area contributed by atoms with E-state index >= 15 is 0 Å². The Hall–Kier alpha value is -0.200. The van der Waals surface area contributed by atoms with Gasteiger partial charge in [0, 0.05) is 0 Å². The van der Waals surface area contributed by atoms with Gasteiger partial charge in [-0.15, -0.1) is 0 Å². The average Bonchev–Trinajstić information content (AvgIpc) is 1.44. The van der Waals surface area contributed by atoms with Crippen LogP contribution in [0.4, 0.5) is 39.5 Å². The molecule has 0 aliphatic carbocycles. The predicted octanol–water partition coefficient (Wildman–Crippen LogP) is 3.49. The first-order chi connectivity index (χ1) is 5.37. The Labute approximate surface area is 66.5 Å². The van der Waals surface area contributed by atoms with Gasteiger partial charge in [0.05, 0.1) is 0 Å². The van der Waals surface area contributed by atoms with Crippen LogP contribution >= 0.6 is 7.92 Å². The third-order valence-electron chi connectivity index (χ3n) is 0.982. The number of alkyl halides is 9. The molecule has 0 aliphatic heterocycles. The summed E-state index contributed by atoms with van der Waals surface area (Å²) in [5, 5.41) is 0. The van der Waals surface area contributed by atoms with Crippen molar-refractivity contribution in [2.45, 2.75) is 17.8 Å². The van der Waals surface area contributed by atoms with Crippen LogP contribution in [0.5, 0.6) is 0 Å². The second-order valence-corrected chi connectivity index (χ2v) is 4.89. The van der Waals surface area contributed by atoms with Gasteiger partial charge in [-0.3, -0.25) is 0 Å². The summed E-state index contributed by atoms with van der Waals surface area (Å²) in [7, 11) is -6.80. The van der Waals surface area contributed by atoms with Gasteiger partial charge < -0.3 is 0 Å². The molecule has 0 radical (unpaired) electrons. The molecule has 0 heterocycles. The predicted molar refractivity (Wildman–Crippen MR) is 27.9 cm³/mol. The van der Waals surface area contributed by atoms with Gasteiger partial charge in [-0.25, -0.2) is 0 Å². The fourth-order valence-corrected chi connectivity index (χ4v) is 1.67. The van der Waals surface area contributed by atoms with Crippen LogP contribution in [0.3, 0.4) is 0 Å². The number of hydrogen-bond donors (Lipinski definition) is 0. The Morgan fingerprint density at radius 2 is 0.615 bits per heavy atom. The van der Waals surface area contributed by atoms with Gasteiger partial charge >= 0.3 is 65.2 Å². The second-order valence-electron chi connectivity index (χ2n) is 2.06. The van der Waals surface area contributed by atoms with E-state index in [9.17, 15) is 39.5 Å². The second kappa shape index (κ2) is 3.18. The molecule has 0 aromatic carbocycles. The minimum atomic E-state index is -6.80. The van der Waals surface area contributed by atoms with Gasteiger partial charge in [0.1, 0.15) is 0 Å². The molecule has 0 bridgehead atoms. The minimum absolute atomic E-state index is 6.23. The first kappa shape index (κ1) is 12.8. The summed E-state index contributed by atoms with van der Waals surface area (Å²) in [5.74, 6) is -18.7. The number of rotatable bonds is 0. The van der Waals surface area contributed by atoms with Crippen LogP contribution in [0, 0.1) is 0 Å². The van der Waals surface area contributed by atoms with Crippen molar-refractivity contribution in [1.82, 2.24) is 0 Å². The van der Waals surface area contributed by atoms with Gasteiger partial charge in [-0.1, -0.05) is 0 Å². The quantitative estimate of drug-likeness (QED) is 0.449. The zero-order chi connectivity index (χ0) is 11.1. The van der Waals surface area contributed by atoms with Crippen LogP contribution < -0.4 is 0 Å². The molecular formula is C3H2F9P. The molecular weight excluding hydrogens is 238 g/mol. The molecule has 0 spiro atoms. The first-order valence-corrected chi connectivity index (χ1v) is 4.30. The molecule has 0 N–H and O–H groups in total. The van der Waals surface area contributed by atoms with Crippen molar-refractivity contribution >= 4 is 7.92 Å². The van der Waals surface area contributed by atoms with Crippen molar-refractivity contribution in [1.29, 1.82) is 0 Å². The molecule has 0 rings (SSSR count). The fourth-order valence-electron chi connectivity index (χ4n) is 0.557. The molecule has 0 aromatic rings. The average molecular weight is 240 g/mol. The third-order valence-corrected chi connectivity index (χ3v) is 2.95. The molecule has 0 saturated carbocycles. The van der Waals surface area contributed by atoms with Crippen molar-refractivity contribution in [3.05, 3.63) is 0 Å². The summed E-state index contributed by atoms with van der Waals surface area (Å²) < 4.78 is 102. The van der Waals surface area contributed by atoms with E-state index in [2.05, 4.69) is 0 Å². The third kappa shape index (κ3) is 3.58. The molecule has 0 amide bonds. The van der Waals surface area contributed by atoms with E-state index in [4.69, 9.17) is 0 Å². The zero-order valence-corrected chi connectivity index (χ0v) is 6.63. The molecule has 13 heavy (non-hydrogen) atoms. The van der Waals surface area contributed by atoms with Crippen molar-refractivity contribution < 1.29 is 39.5 Å². The van der Waals surface area contributed by atoms with E-state index in [1.807, 2.05) is 0 Å². The first-order valence-electron chi connectivity index (χ1n) is 2.57. The molecule has 10 heteroatoms. The van der Waals surface area contributed by atoms with Crippen LogP contribution in [0.1, 0.15) is 0 Å². The van der Waals surface area contributed by atoms with Crippen molar-refractivity contribution in [2.75, 3.05) is 0 Å². The van der Waals surface area contributed by atoms with E-state index in [0.717, 1.165) is 0 Å². The summed E-state index contributed by atoms with van der Waals surface area (Å²) in [4.78, 5) is 0. The zero-order valence-electron chi connectivity index (χ0n) is 5.48. The Balaban J connectivity index is 5.02. The molecule has 0 unspecified atom stereocenters.